The van der Waals surface area contributed by atoms with Gasteiger partial charge in [0, 0.05) is 22.7 Å². The lowest BCUT2D eigenvalue weighted by molar-refractivity contribution is -0.138. The number of rotatable bonds is 7. The second-order valence-corrected chi connectivity index (χ2v) is 15.2. The molecule has 4 N–H and O–H groups in total. The van der Waals surface area contributed by atoms with Crippen molar-refractivity contribution in [1.82, 2.24) is 35.5 Å². The number of alkyl halides is 2. The van der Waals surface area contributed by atoms with Crippen molar-refractivity contribution in [3.05, 3.63) is 119 Å². The van der Waals surface area contributed by atoms with Crippen molar-refractivity contribution >= 4 is 23.0 Å². The number of piperidine rings is 1. The van der Waals surface area contributed by atoms with E-state index in [1.807, 2.05) is 65.6 Å². The first-order valence-corrected chi connectivity index (χ1v) is 18.9. The van der Waals surface area contributed by atoms with Gasteiger partial charge in [-0.2, -0.15) is 8.78 Å². The van der Waals surface area contributed by atoms with Gasteiger partial charge in [0.1, 0.15) is 17.7 Å². The van der Waals surface area contributed by atoms with E-state index in [9.17, 15) is 9.59 Å². The second kappa shape index (κ2) is 12.9. The molecule has 0 spiro atoms. The molecule has 2 aromatic heterocycles. The van der Waals surface area contributed by atoms with Crippen LogP contribution < -0.4 is 10.6 Å². The van der Waals surface area contributed by atoms with Crippen LogP contribution in [0.25, 0.3) is 44.5 Å². The number of nitrogens with one attached hydrogen (secondary N) is 4. The smallest absolute Gasteiger partial charge is 0.407 e. The number of amides is 2. The zero-order valence-electron chi connectivity index (χ0n) is 30.1. The number of methoxy groups -OCH3 is 1. The van der Waals surface area contributed by atoms with E-state index in [2.05, 4.69) is 25.6 Å². The van der Waals surface area contributed by atoms with Gasteiger partial charge in [-0.15, -0.1) is 0 Å². The number of fused-ring (bicyclic) bond motifs is 6. The SMILES string of the molecule is COC(=O)N[C@@H](C(=O)N1C(c2nc3ccc(-c4ccc5c(c4)C(F)(F)c4cc(-c6cnc(C7CCCN7)[nH]6)ccc4-5)cc3[nH]2)C2CC[C@H]1C2)c1ccccc1. The summed E-state index contributed by atoms with van der Waals surface area (Å²) in [6.45, 7) is 0.944. The van der Waals surface area contributed by atoms with Crippen molar-refractivity contribution in [2.75, 3.05) is 13.7 Å². The van der Waals surface area contributed by atoms with Crippen LogP contribution in [0.2, 0.25) is 0 Å². The minimum absolute atomic E-state index is 0.0118. The second-order valence-electron chi connectivity index (χ2n) is 15.2. The average molecular weight is 740 g/mol. The highest BCUT2D eigenvalue weighted by Gasteiger charge is 2.51. The van der Waals surface area contributed by atoms with Gasteiger partial charge in [0.15, 0.2) is 0 Å². The normalized spacial score (nSPS) is 22.5. The minimum atomic E-state index is -3.18. The lowest BCUT2D eigenvalue weighted by Crippen LogP contribution is -2.47. The van der Waals surface area contributed by atoms with Crippen molar-refractivity contribution in [2.45, 2.75) is 62.2 Å². The first kappa shape index (κ1) is 33.7. The topological polar surface area (TPSA) is 128 Å². The highest BCUT2D eigenvalue weighted by atomic mass is 19.3. The molecule has 55 heavy (non-hydrogen) atoms. The van der Waals surface area contributed by atoms with E-state index in [1.54, 1.807) is 30.5 Å². The van der Waals surface area contributed by atoms with Gasteiger partial charge >= 0.3 is 6.09 Å². The van der Waals surface area contributed by atoms with Crippen LogP contribution in [0.3, 0.4) is 0 Å². The molecule has 6 aromatic rings. The maximum atomic E-state index is 16.3. The quantitative estimate of drug-likeness (QED) is 0.130. The van der Waals surface area contributed by atoms with Crippen molar-refractivity contribution in [3.63, 3.8) is 0 Å². The van der Waals surface area contributed by atoms with Crippen LogP contribution >= 0.6 is 0 Å². The summed E-state index contributed by atoms with van der Waals surface area (Å²) in [6, 6.07) is 24.4. The molecule has 0 radical (unpaired) electrons. The van der Waals surface area contributed by atoms with E-state index in [-0.39, 0.29) is 41.1 Å². The number of halogens is 2. The molecular formula is C43H39F2N7O3. The van der Waals surface area contributed by atoms with Gasteiger partial charge in [-0.3, -0.25) is 4.79 Å². The number of nitrogens with zero attached hydrogens (tertiary/aromatic N) is 3. The van der Waals surface area contributed by atoms with Gasteiger partial charge in [-0.1, -0.05) is 60.7 Å². The van der Waals surface area contributed by atoms with Crippen LogP contribution in [0.4, 0.5) is 13.6 Å². The summed E-state index contributed by atoms with van der Waals surface area (Å²) in [6.07, 6.45) is 5.83. The number of carbonyl (C=O) groups excluding carboxylic acids is 2. The number of alkyl carbamates (subject to hydrolysis) is 1. The zero-order valence-corrected chi connectivity index (χ0v) is 30.1. The molecule has 3 fully saturated rings. The standard InChI is InChI=1S/C43H39F2N7O3/c1-55-42(54)51-37(23-6-3-2-4-7-23)41(53)52-28-13-9-27(18-28)38(52)40-48-33-16-12-25(21-35(33)49-40)24-10-14-29-30-15-11-26(20-32(30)43(44,45)31(29)19-24)36-22-47-39(50-36)34-8-5-17-46-34/h2-4,6-7,10-12,14-16,19-22,27-28,34,37-38,46H,5,8-9,13,17-18H2,1H3,(H,47,50)(H,48,49)(H,51,54)/t27?,28-,34?,37+,38?/m0/s1. The predicted molar refractivity (Wildman–Crippen MR) is 203 cm³/mol. The van der Waals surface area contributed by atoms with Gasteiger partial charge in [0.05, 0.1) is 42.1 Å². The van der Waals surface area contributed by atoms with Crippen LogP contribution in [-0.4, -0.2) is 56.5 Å². The summed E-state index contributed by atoms with van der Waals surface area (Å²) >= 11 is 0. The molecule has 2 bridgehead atoms. The number of aromatic nitrogens is 4. The first-order valence-electron chi connectivity index (χ1n) is 18.9. The highest BCUT2D eigenvalue weighted by Crippen LogP contribution is 2.53. The van der Waals surface area contributed by atoms with Crippen molar-refractivity contribution < 1.29 is 23.1 Å². The Morgan fingerprint density at radius 2 is 1.64 bits per heavy atom. The zero-order chi connectivity index (χ0) is 37.4. The van der Waals surface area contributed by atoms with Crippen LogP contribution in [0, 0.1) is 5.92 Å². The Balaban J connectivity index is 0.940. The number of H-pyrrole nitrogens is 2. The maximum absolute atomic E-state index is 16.3. The van der Waals surface area contributed by atoms with Gasteiger partial charge < -0.3 is 30.2 Å². The van der Waals surface area contributed by atoms with E-state index >= 15 is 8.78 Å². The molecule has 278 valence electrons. The number of ether oxygens (including phenoxy) is 1. The van der Waals surface area contributed by atoms with Crippen molar-refractivity contribution in [3.8, 4) is 33.5 Å². The molecule has 1 saturated carbocycles. The molecule has 4 aliphatic rings. The van der Waals surface area contributed by atoms with E-state index in [0.717, 1.165) is 66.8 Å². The molecule has 2 aliphatic carbocycles. The third-order valence-electron chi connectivity index (χ3n) is 12.1. The lowest BCUT2D eigenvalue weighted by Gasteiger charge is -2.36. The number of hydrogen-bond acceptors (Lipinski definition) is 6. The summed E-state index contributed by atoms with van der Waals surface area (Å²) in [4.78, 5) is 45.0. The fourth-order valence-corrected chi connectivity index (χ4v) is 9.41. The number of aromatic amines is 2. The Labute approximate surface area is 315 Å². The molecule has 2 aliphatic heterocycles. The van der Waals surface area contributed by atoms with E-state index in [0.29, 0.717) is 33.6 Å². The third-order valence-corrected chi connectivity index (χ3v) is 12.1. The molecule has 4 heterocycles. The number of carbonyl (C=O) groups is 2. The Hall–Kier alpha value is -5.88. The van der Waals surface area contributed by atoms with E-state index in [4.69, 9.17) is 9.72 Å². The summed E-state index contributed by atoms with van der Waals surface area (Å²) in [7, 11) is 1.28. The lowest BCUT2D eigenvalue weighted by atomic mass is 9.96. The van der Waals surface area contributed by atoms with E-state index < -0.39 is 18.1 Å². The summed E-state index contributed by atoms with van der Waals surface area (Å²) in [5.41, 5.74) is 6.00. The monoisotopic (exact) mass is 739 g/mol. The first-order chi connectivity index (χ1) is 26.8. The van der Waals surface area contributed by atoms with Gasteiger partial charge in [-0.25, -0.2) is 14.8 Å². The largest absolute Gasteiger partial charge is 0.453 e. The Kier molecular flexibility index (Phi) is 7.88. The van der Waals surface area contributed by atoms with Gasteiger partial charge in [0.25, 0.3) is 11.8 Å². The minimum Gasteiger partial charge on any atom is -0.453 e. The highest BCUT2D eigenvalue weighted by molar-refractivity contribution is 5.89. The molecule has 10 nitrogen and oxygen atoms in total. The van der Waals surface area contributed by atoms with Crippen LogP contribution in [-0.2, 0) is 15.5 Å². The summed E-state index contributed by atoms with van der Waals surface area (Å²) < 4.78 is 37.5. The number of imidazole rings is 2. The van der Waals surface area contributed by atoms with Gasteiger partial charge in [-0.05, 0) is 96.6 Å². The molecule has 2 saturated heterocycles. The fraction of sp³-hybridized carbons (Fsp3) is 0.302. The van der Waals surface area contributed by atoms with Crippen LogP contribution in [0.5, 0.6) is 0 Å². The molecule has 2 amide bonds. The molecular weight excluding hydrogens is 701 g/mol. The summed E-state index contributed by atoms with van der Waals surface area (Å²) in [5, 5.41) is 6.18. The predicted octanol–water partition coefficient (Wildman–Crippen LogP) is 8.31. The van der Waals surface area contributed by atoms with Crippen molar-refractivity contribution in [1.29, 1.82) is 0 Å². The van der Waals surface area contributed by atoms with Crippen LogP contribution in [0.15, 0.2) is 91.1 Å². The van der Waals surface area contributed by atoms with Gasteiger partial charge in [0.2, 0.25) is 0 Å². The van der Waals surface area contributed by atoms with E-state index in [1.165, 1.54) is 7.11 Å². The van der Waals surface area contributed by atoms with Crippen LogP contribution in [0.1, 0.15) is 78.6 Å². The number of hydrogen-bond donors (Lipinski definition) is 4. The Bertz CT molecular complexity index is 2470. The molecule has 12 heteroatoms. The average Bonchev–Trinajstić information content (AvgIpc) is 4.08. The van der Waals surface area contributed by atoms with Crippen molar-refractivity contribution in [2.24, 2.45) is 5.92 Å². The fourth-order valence-electron chi connectivity index (χ4n) is 9.41. The third kappa shape index (κ3) is 5.52. The number of likely N-dealkylation sites (tertiary alicyclic amines) is 1. The maximum Gasteiger partial charge on any atom is 0.407 e. The molecule has 4 aromatic carbocycles. The Morgan fingerprint density at radius 3 is 2.40 bits per heavy atom. The number of benzene rings is 4. The summed E-state index contributed by atoms with van der Waals surface area (Å²) in [5.74, 6) is -1.68. The molecule has 3 unspecified atom stereocenters. The molecule has 10 rings (SSSR count). The molecule has 5 atom stereocenters. The Morgan fingerprint density at radius 1 is 0.891 bits per heavy atom.